The maximum atomic E-state index is 15.3. The van der Waals surface area contributed by atoms with Gasteiger partial charge in [-0.25, -0.2) is 4.39 Å². The fourth-order valence-electron chi connectivity index (χ4n) is 4.97. The molecule has 2 aliphatic rings. The number of nitrogens with zero attached hydrogens (tertiary/aromatic N) is 5. The second-order valence-corrected chi connectivity index (χ2v) is 9.34. The Kier molecular flexibility index (Phi) is 4.62. The number of aryl methyl sites for hydroxylation is 1. The fourth-order valence-corrected chi connectivity index (χ4v) is 4.97. The zero-order valence-corrected chi connectivity index (χ0v) is 19.1. The number of hydrogen-bond donors (Lipinski definition) is 0. The molecule has 6 rings (SSSR count). The minimum Gasteiger partial charge on any atom is -0.322 e. The van der Waals surface area contributed by atoms with Crippen molar-refractivity contribution in [3.05, 3.63) is 59.2 Å². The molecule has 0 saturated heterocycles. The van der Waals surface area contributed by atoms with Crippen molar-refractivity contribution in [2.45, 2.75) is 51.7 Å². The lowest BCUT2D eigenvalue weighted by Gasteiger charge is -2.37. The highest BCUT2D eigenvalue weighted by Crippen LogP contribution is 2.57. The lowest BCUT2D eigenvalue weighted by atomic mass is 9.92. The molecular weight excluding hydrogens is 458 g/mol. The minimum atomic E-state index is -4.33. The number of fused-ring (bicyclic) bond motifs is 4. The summed E-state index contributed by atoms with van der Waals surface area (Å²) in [6.07, 6.45) is -2.89. The van der Waals surface area contributed by atoms with Crippen LogP contribution < -0.4 is 4.90 Å². The van der Waals surface area contributed by atoms with Crippen LogP contribution in [0.1, 0.15) is 43.1 Å². The second-order valence-electron chi connectivity index (χ2n) is 9.34. The molecule has 5 nitrogen and oxygen atoms in total. The molecule has 0 bridgehead atoms. The Bertz CT molecular complexity index is 1560. The molecule has 1 aliphatic carbocycles. The van der Waals surface area contributed by atoms with E-state index in [1.54, 1.807) is 35.6 Å². The van der Waals surface area contributed by atoms with Gasteiger partial charge in [0, 0.05) is 17.3 Å². The first-order valence-electron chi connectivity index (χ1n) is 11.5. The van der Waals surface area contributed by atoms with E-state index < -0.39 is 17.4 Å². The van der Waals surface area contributed by atoms with E-state index in [1.807, 2.05) is 17.9 Å². The summed E-state index contributed by atoms with van der Waals surface area (Å²) < 4.78 is 57.2. The molecule has 1 unspecified atom stereocenters. The van der Waals surface area contributed by atoms with Gasteiger partial charge in [0.2, 0.25) is 0 Å². The summed E-state index contributed by atoms with van der Waals surface area (Å²) in [5.41, 5.74) is 0.891. The lowest BCUT2D eigenvalue weighted by Crippen LogP contribution is -2.34. The predicted octanol–water partition coefficient (Wildman–Crippen LogP) is 5.89. The molecule has 0 spiro atoms. The molecule has 1 atom stereocenters. The van der Waals surface area contributed by atoms with Crippen molar-refractivity contribution in [2.75, 3.05) is 4.90 Å². The number of anilines is 2. The molecule has 35 heavy (non-hydrogen) atoms. The normalized spacial score (nSPS) is 18.9. The van der Waals surface area contributed by atoms with Gasteiger partial charge in [0.05, 0.1) is 10.9 Å². The van der Waals surface area contributed by atoms with Crippen molar-refractivity contribution in [1.29, 1.82) is 0 Å². The highest BCUT2D eigenvalue weighted by Gasteiger charge is 2.62. The maximum Gasteiger partial charge on any atom is 0.405 e. The van der Waals surface area contributed by atoms with Crippen molar-refractivity contribution in [2.24, 2.45) is 5.41 Å². The first kappa shape index (κ1) is 21.8. The Morgan fingerprint density at radius 3 is 2.60 bits per heavy atom. The molecule has 1 fully saturated rings. The quantitative estimate of drug-likeness (QED) is 0.252. The Morgan fingerprint density at radius 2 is 1.86 bits per heavy atom. The van der Waals surface area contributed by atoms with Crippen LogP contribution in [0.5, 0.6) is 0 Å². The van der Waals surface area contributed by atoms with E-state index in [2.05, 4.69) is 22.0 Å². The van der Waals surface area contributed by atoms with Crippen molar-refractivity contribution >= 4 is 28.2 Å². The van der Waals surface area contributed by atoms with E-state index in [4.69, 9.17) is 4.98 Å². The number of halogens is 4. The van der Waals surface area contributed by atoms with Crippen LogP contribution in [0.3, 0.4) is 0 Å². The van der Waals surface area contributed by atoms with E-state index in [1.165, 1.54) is 6.07 Å². The van der Waals surface area contributed by atoms with Gasteiger partial charge in [-0.3, -0.25) is 4.40 Å². The summed E-state index contributed by atoms with van der Waals surface area (Å²) in [6.45, 7) is 3.81. The summed E-state index contributed by atoms with van der Waals surface area (Å²) in [7, 11) is 0. The number of benzene rings is 2. The highest BCUT2D eigenvalue weighted by molar-refractivity contribution is 5.95. The van der Waals surface area contributed by atoms with E-state index in [9.17, 15) is 13.2 Å². The Labute approximate surface area is 198 Å². The van der Waals surface area contributed by atoms with Gasteiger partial charge in [0.25, 0.3) is 5.78 Å². The van der Waals surface area contributed by atoms with Crippen LogP contribution >= 0.6 is 0 Å². The van der Waals surface area contributed by atoms with Crippen molar-refractivity contribution in [3.63, 3.8) is 0 Å². The van der Waals surface area contributed by atoms with E-state index >= 15 is 4.39 Å². The number of alkyl halides is 3. The molecule has 2 aromatic carbocycles. The van der Waals surface area contributed by atoms with E-state index in [0.717, 1.165) is 11.3 Å². The molecule has 1 aliphatic heterocycles. The average Bonchev–Trinajstić information content (AvgIpc) is 3.54. The van der Waals surface area contributed by atoms with Crippen LogP contribution in [-0.4, -0.2) is 31.8 Å². The molecular formula is C26H21F4N5. The lowest BCUT2D eigenvalue weighted by molar-refractivity contribution is -0.168. The fraction of sp³-hybridized carbons (Fsp3) is 0.346. The minimum absolute atomic E-state index is 0.0302. The van der Waals surface area contributed by atoms with Gasteiger partial charge in [-0.1, -0.05) is 24.0 Å². The summed E-state index contributed by atoms with van der Waals surface area (Å²) >= 11 is 0. The van der Waals surface area contributed by atoms with Crippen LogP contribution in [0.15, 0.2) is 36.4 Å². The van der Waals surface area contributed by atoms with Crippen LogP contribution in [0.25, 0.3) is 16.7 Å². The predicted molar refractivity (Wildman–Crippen MR) is 124 cm³/mol. The van der Waals surface area contributed by atoms with Gasteiger partial charge in [0.15, 0.2) is 0 Å². The van der Waals surface area contributed by atoms with Gasteiger partial charge < -0.3 is 4.90 Å². The average molecular weight is 479 g/mol. The molecule has 4 aromatic rings. The third-order valence-electron chi connectivity index (χ3n) is 7.09. The molecule has 9 heteroatoms. The topological polar surface area (TPSA) is 46.3 Å². The van der Waals surface area contributed by atoms with Gasteiger partial charge in [-0.05, 0) is 69.4 Å². The van der Waals surface area contributed by atoms with Crippen LogP contribution in [-0.2, 0) is 6.42 Å². The molecule has 178 valence electrons. The van der Waals surface area contributed by atoms with Gasteiger partial charge in [-0.15, -0.1) is 10.2 Å². The zero-order chi connectivity index (χ0) is 24.5. The standard InChI is InChI=1S/C26H21F4N5/c1-15-9-10-18-17(11-12-25(13-14-25)26(28,29)30)5-3-7-20(18)34(15)23-22-19(27)6-4-8-21(22)35-16(2)32-33-24(35)31-23/h3-8,15H,9-10,13-14H2,1-2H3. The summed E-state index contributed by atoms with van der Waals surface area (Å²) in [6, 6.07) is 10.2. The number of rotatable bonds is 1. The van der Waals surface area contributed by atoms with E-state index in [0.29, 0.717) is 46.7 Å². The van der Waals surface area contributed by atoms with Crippen LogP contribution in [0.4, 0.5) is 29.1 Å². The summed E-state index contributed by atoms with van der Waals surface area (Å²) in [5.74, 6) is 6.29. The van der Waals surface area contributed by atoms with Gasteiger partial charge >= 0.3 is 6.18 Å². The largest absolute Gasteiger partial charge is 0.405 e. The molecule has 0 N–H and O–H groups in total. The van der Waals surface area contributed by atoms with Crippen molar-refractivity contribution in [3.8, 4) is 11.8 Å². The van der Waals surface area contributed by atoms with Crippen molar-refractivity contribution < 1.29 is 17.6 Å². The molecule has 0 amide bonds. The third kappa shape index (κ3) is 3.27. The Morgan fingerprint density at radius 1 is 1.09 bits per heavy atom. The van der Waals surface area contributed by atoms with Crippen molar-refractivity contribution in [1.82, 2.24) is 19.6 Å². The van der Waals surface area contributed by atoms with Crippen LogP contribution in [0, 0.1) is 30.0 Å². The number of aromatic nitrogens is 4. The number of hydrogen-bond acceptors (Lipinski definition) is 4. The maximum absolute atomic E-state index is 15.3. The Balaban J connectivity index is 1.55. The SMILES string of the molecule is Cc1nnc2nc(N3c4cccc(C#CC5(C(F)(F)F)CC5)c4CCC3C)c3c(F)cccc3n12. The second kappa shape index (κ2) is 7.41. The highest BCUT2D eigenvalue weighted by atomic mass is 19.4. The van der Waals surface area contributed by atoms with E-state index in [-0.39, 0.29) is 18.9 Å². The van der Waals surface area contributed by atoms with Gasteiger partial charge in [-0.2, -0.15) is 18.2 Å². The summed E-state index contributed by atoms with van der Waals surface area (Å²) in [5, 5.41) is 8.61. The zero-order valence-electron chi connectivity index (χ0n) is 19.1. The monoisotopic (exact) mass is 479 g/mol. The third-order valence-corrected chi connectivity index (χ3v) is 7.09. The first-order valence-corrected chi connectivity index (χ1v) is 11.5. The van der Waals surface area contributed by atoms with Crippen LogP contribution in [0.2, 0.25) is 0 Å². The first-order chi connectivity index (χ1) is 16.7. The van der Waals surface area contributed by atoms with Gasteiger partial charge in [0.1, 0.15) is 22.9 Å². The summed E-state index contributed by atoms with van der Waals surface area (Å²) in [4.78, 5) is 6.66. The molecule has 3 heterocycles. The smallest absolute Gasteiger partial charge is 0.322 e. The Hall–Kier alpha value is -3.67. The molecule has 1 saturated carbocycles. The molecule has 0 radical (unpaired) electrons. The molecule has 2 aromatic heterocycles.